The van der Waals surface area contributed by atoms with Crippen LogP contribution in [0.15, 0.2) is 12.1 Å². The number of halogens is 1. The maximum absolute atomic E-state index is 9.28. The number of aromatic hydroxyl groups is 1. The van der Waals surface area contributed by atoms with Gasteiger partial charge in [-0.3, -0.25) is 0 Å². The van der Waals surface area contributed by atoms with Gasteiger partial charge in [0.25, 0.3) is 0 Å². The zero-order valence-corrected chi connectivity index (χ0v) is 7.02. The summed E-state index contributed by atoms with van der Waals surface area (Å²) in [5.41, 5.74) is 6.69. The Kier molecular flexibility index (Phi) is 2.25. The number of nitrogens with two attached hydrogens (primary N) is 1. The van der Waals surface area contributed by atoms with Gasteiger partial charge in [0.15, 0.2) is 0 Å². The van der Waals surface area contributed by atoms with Gasteiger partial charge in [-0.1, -0.05) is 18.5 Å². The van der Waals surface area contributed by atoms with E-state index in [4.69, 9.17) is 17.3 Å². The van der Waals surface area contributed by atoms with Crippen molar-refractivity contribution in [2.45, 2.75) is 13.3 Å². The minimum Gasteiger partial charge on any atom is -0.508 e. The average Bonchev–Trinajstić information content (AvgIpc) is 1.97. The van der Waals surface area contributed by atoms with Gasteiger partial charge in [-0.15, -0.1) is 0 Å². The first-order valence-corrected chi connectivity index (χ1v) is 3.79. The molecule has 0 aromatic heterocycles. The topological polar surface area (TPSA) is 46.2 Å². The molecule has 0 fully saturated rings. The van der Waals surface area contributed by atoms with Crippen molar-refractivity contribution in [3.8, 4) is 5.75 Å². The van der Waals surface area contributed by atoms with Crippen molar-refractivity contribution in [2.24, 2.45) is 0 Å². The Balaban J connectivity index is 3.21. The van der Waals surface area contributed by atoms with Crippen LogP contribution in [-0.2, 0) is 6.42 Å². The summed E-state index contributed by atoms with van der Waals surface area (Å²) in [6.45, 7) is 1.95. The van der Waals surface area contributed by atoms with Crippen molar-refractivity contribution in [2.75, 3.05) is 5.73 Å². The normalized spacial score (nSPS) is 10.0. The third-order valence-corrected chi connectivity index (χ3v) is 1.91. The molecule has 1 aromatic rings. The Hall–Kier alpha value is -0.890. The molecular formula is C8H10ClNO. The maximum Gasteiger partial charge on any atom is 0.120 e. The zero-order chi connectivity index (χ0) is 8.43. The van der Waals surface area contributed by atoms with Crippen LogP contribution in [0.5, 0.6) is 5.75 Å². The largest absolute Gasteiger partial charge is 0.508 e. The van der Waals surface area contributed by atoms with Crippen LogP contribution in [0.2, 0.25) is 5.02 Å². The molecule has 0 amide bonds. The monoisotopic (exact) mass is 171 g/mol. The van der Waals surface area contributed by atoms with Crippen molar-refractivity contribution in [3.63, 3.8) is 0 Å². The van der Waals surface area contributed by atoms with Gasteiger partial charge >= 0.3 is 0 Å². The summed E-state index contributed by atoms with van der Waals surface area (Å²) in [7, 11) is 0. The number of phenols is 1. The lowest BCUT2D eigenvalue weighted by Gasteiger charge is -2.03. The average molecular weight is 172 g/mol. The Labute approximate surface area is 70.6 Å². The number of hydrogen-bond donors (Lipinski definition) is 2. The SMILES string of the molecule is CCc1cc(Cl)c(N)cc1O. The fraction of sp³-hybridized carbons (Fsp3) is 0.250. The standard InChI is InChI=1S/C8H10ClNO/c1-2-5-3-6(9)7(10)4-8(5)11/h3-4,11H,2,10H2,1H3. The number of nitrogen functional groups attached to an aromatic ring is 1. The molecule has 0 aliphatic rings. The molecule has 1 aromatic carbocycles. The van der Waals surface area contributed by atoms with E-state index in [0.717, 1.165) is 12.0 Å². The van der Waals surface area contributed by atoms with Gasteiger partial charge in [-0.25, -0.2) is 0 Å². The summed E-state index contributed by atoms with van der Waals surface area (Å²) in [6, 6.07) is 3.16. The number of aryl methyl sites for hydroxylation is 1. The molecular weight excluding hydrogens is 162 g/mol. The summed E-state index contributed by atoms with van der Waals surface area (Å²) in [5.74, 6) is 0.217. The fourth-order valence-corrected chi connectivity index (χ4v) is 1.09. The second kappa shape index (κ2) is 3.01. The van der Waals surface area contributed by atoms with Crippen LogP contribution in [-0.4, -0.2) is 5.11 Å². The molecule has 0 saturated heterocycles. The summed E-state index contributed by atoms with van der Waals surface area (Å²) in [5, 5.41) is 9.78. The van der Waals surface area contributed by atoms with E-state index < -0.39 is 0 Å². The van der Waals surface area contributed by atoms with Crippen LogP contribution in [0.3, 0.4) is 0 Å². The number of benzene rings is 1. The summed E-state index contributed by atoms with van der Waals surface area (Å²) < 4.78 is 0. The van der Waals surface area contributed by atoms with Crippen molar-refractivity contribution in [3.05, 3.63) is 22.7 Å². The predicted molar refractivity (Wildman–Crippen MR) is 46.9 cm³/mol. The van der Waals surface area contributed by atoms with Crippen LogP contribution >= 0.6 is 11.6 Å². The second-order valence-electron chi connectivity index (χ2n) is 2.36. The predicted octanol–water partition coefficient (Wildman–Crippen LogP) is 2.19. The zero-order valence-electron chi connectivity index (χ0n) is 6.26. The van der Waals surface area contributed by atoms with Gasteiger partial charge in [-0.2, -0.15) is 0 Å². The first-order chi connectivity index (χ1) is 5.15. The Morgan fingerprint density at radius 3 is 2.73 bits per heavy atom. The van der Waals surface area contributed by atoms with Crippen LogP contribution in [0.1, 0.15) is 12.5 Å². The minimum absolute atomic E-state index is 0.217. The number of hydrogen-bond acceptors (Lipinski definition) is 2. The second-order valence-corrected chi connectivity index (χ2v) is 2.76. The van der Waals surface area contributed by atoms with Crippen LogP contribution in [0.4, 0.5) is 5.69 Å². The van der Waals surface area contributed by atoms with E-state index in [1.807, 2.05) is 6.92 Å². The van der Waals surface area contributed by atoms with Crippen LogP contribution < -0.4 is 5.73 Å². The van der Waals surface area contributed by atoms with Gasteiger partial charge in [0.05, 0.1) is 10.7 Å². The van der Waals surface area contributed by atoms with E-state index in [9.17, 15) is 5.11 Å². The third-order valence-electron chi connectivity index (χ3n) is 1.58. The number of rotatable bonds is 1. The van der Waals surface area contributed by atoms with Gasteiger partial charge in [0.2, 0.25) is 0 Å². The molecule has 1 rings (SSSR count). The van der Waals surface area contributed by atoms with Gasteiger partial charge in [0.1, 0.15) is 5.75 Å². The molecule has 0 bridgehead atoms. The van der Waals surface area contributed by atoms with Crippen molar-refractivity contribution < 1.29 is 5.11 Å². The number of phenolic OH excluding ortho intramolecular Hbond substituents is 1. The Morgan fingerprint density at radius 1 is 1.55 bits per heavy atom. The first-order valence-electron chi connectivity index (χ1n) is 3.42. The van der Waals surface area contributed by atoms with Crippen molar-refractivity contribution >= 4 is 17.3 Å². The van der Waals surface area contributed by atoms with Crippen LogP contribution in [0, 0.1) is 0 Å². The molecule has 0 saturated carbocycles. The van der Waals surface area contributed by atoms with E-state index in [1.54, 1.807) is 6.07 Å². The van der Waals surface area contributed by atoms with E-state index in [1.165, 1.54) is 6.07 Å². The first kappa shape index (κ1) is 8.21. The Morgan fingerprint density at radius 2 is 2.18 bits per heavy atom. The quantitative estimate of drug-likeness (QED) is 0.637. The molecule has 60 valence electrons. The van der Waals surface area contributed by atoms with E-state index in [-0.39, 0.29) is 5.75 Å². The highest BCUT2D eigenvalue weighted by Gasteiger charge is 2.02. The summed E-state index contributed by atoms with van der Waals surface area (Å²) in [6.07, 6.45) is 0.756. The highest BCUT2D eigenvalue weighted by Crippen LogP contribution is 2.27. The molecule has 0 spiro atoms. The molecule has 3 heteroatoms. The molecule has 0 aliphatic heterocycles. The van der Waals surface area contributed by atoms with E-state index in [0.29, 0.717) is 10.7 Å². The fourth-order valence-electron chi connectivity index (χ4n) is 0.902. The summed E-state index contributed by atoms with van der Waals surface area (Å²) >= 11 is 5.73. The van der Waals surface area contributed by atoms with Crippen molar-refractivity contribution in [1.82, 2.24) is 0 Å². The smallest absolute Gasteiger partial charge is 0.120 e. The number of anilines is 1. The van der Waals surface area contributed by atoms with E-state index in [2.05, 4.69) is 0 Å². The minimum atomic E-state index is 0.217. The molecule has 0 heterocycles. The van der Waals surface area contributed by atoms with Crippen LogP contribution in [0.25, 0.3) is 0 Å². The van der Waals surface area contributed by atoms with Gasteiger partial charge in [0, 0.05) is 6.07 Å². The molecule has 0 unspecified atom stereocenters. The molecule has 2 nitrogen and oxygen atoms in total. The molecule has 0 atom stereocenters. The highest BCUT2D eigenvalue weighted by molar-refractivity contribution is 6.33. The van der Waals surface area contributed by atoms with Crippen molar-refractivity contribution in [1.29, 1.82) is 0 Å². The third kappa shape index (κ3) is 1.57. The highest BCUT2D eigenvalue weighted by atomic mass is 35.5. The van der Waals surface area contributed by atoms with Gasteiger partial charge < -0.3 is 10.8 Å². The lowest BCUT2D eigenvalue weighted by atomic mass is 10.1. The van der Waals surface area contributed by atoms with E-state index >= 15 is 0 Å². The molecule has 11 heavy (non-hydrogen) atoms. The Bertz CT molecular complexity index is 273. The molecule has 0 aliphatic carbocycles. The van der Waals surface area contributed by atoms with Gasteiger partial charge in [-0.05, 0) is 18.1 Å². The lowest BCUT2D eigenvalue weighted by molar-refractivity contribution is 0.469. The molecule has 3 N–H and O–H groups in total. The lowest BCUT2D eigenvalue weighted by Crippen LogP contribution is -1.89. The molecule has 0 radical (unpaired) electrons. The maximum atomic E-state index is 9.28. The summed E-state index contributed by atoms with van der Waals surface area (Å²) in [4.78, 5) is 0.